The molecule has 1 fully saturated rings. The molecule has 3 rings (SSSR count). The van der Waals surface area contributed by atoms with E-state index in [1.165, 1.54) is 30.8 Å². The van der Waals surface area contributed by atoms with Crippen LogP contribution in [0.3, 0.4) is 0 Å². The predicted octanol–water partition coefficient (Wildman–Crippen LogP) is 3.29. The maximum Gasteiger partial charge on any atom is 0.225 e. The van der Waals surface area contributed by atoms with E-state index in [4.69, 9.17) is 11.6 Å². The molecule has 0 aromatic carbocycles. The number of halogens is 1. The summed E-state index contributed by atoms with van der Waals surface area (Å²) in [7, 11) is 0. The molecule has 0 N–H and O–H groups in total. The van der Waals surface area contributed by atoms with E-state index in [0.29, 0.717) is 0 Å². The van der Waals surface area contributed by atoms with Crippen molar-refractivity contribution in [1.29, 1.82) is 0 Å². The average Bonchev–Trinajstić information content (AvgIpc) is 3.16. The Morgan fingerprint density at radius 2 is 1.95 bits per heavy atom. The van der Waals surface area contributed by atoms with E-state index in [0.717, 1.165) is 29.9 Å². The number of likely N-dealkylation sites (tertiary alicyclic amines) is 1. The van der Waals surface area contributed by atoms with Gasteiger partial charge in [0.2, 0.25) is 5.95 Å². The average molecular weight is 323 g/mol. The van der Waals surface area contributed by atoms with Gasteiger partial charge in [-0.2, -0.15) is 0 Å². The van der Waals surface area contributed by atoms with Crippen molar-refractivity contribution in [3.8, 4) is 0 Å². The number of rotatable bonds is 6. The first-order chi connectivity index (χ1) is 10.3. The Bertz CT molecular complexity index is 554. The fourth-order valence-electron chi connectivity index (χ4n) is 2.60. The first-order valence-corrected chi connectivity index (χ1v) is 8.49. The third-order valence-corrected chi connectivity index (χ3v) is 4.91. The largest absolute Gasteiger partial charge is 0.334 e. The fraction of sp³-hybridized carbons (Fsp3) is 0.467. The summed E-state index contributed by atoms with van der Waals surface area (Å²) in [6, 6.07) is 5.88. The van der Waals surface area contributed by atoms with Gasteiger partial charge < -0.3 is 9.80 Å². The SMILES string of the molecule is Clc1ccc(CN(CCN2CCCC2)c2ncccn2)s1. The molecule has 0 saturated carbocycles. The fourth-order valence-corrected chi connectivity index (χ4v) is 3.70. The lowest BCUT2D eigenvalue weighted by atomic mass is 10.4. The number of anilines is 1. The van der Waals surface area contributed by atoms with Crippen molar-refractivity contribution >= 4 is 28.9 Å². The Balaban J connectivity index is 1.67. The summed E-state index contributed by atoms with van der Waals surface area (Å²) in [6.07, 6.45) is 6.24. The molecular formula is C15H19ClN4S. The minimum absolute atomic E-state index is 0.793. The van der Waals surface area contributed by atoms with E-state index < -0.39 is 0 Å². The zero-order valence-corrected chi connectivity index (χ0v) is 13.5. The molecule has 0 spiro atoms. The Hall–Kier alpha value is -1.17. The molecule has 0 amide bonds. The van der Waals surface area contributed by atoms with Gasteiger partial charge in [-0.15, -0.1) is 11.3 Å². The molecule has 2 aromatic heterocycles. The Labute approximate surface area is 134 Å². The molecular weight excluding hydrogens is 304 g/mol. The van der Waals surface area contributed by atoms with Gasteiger partial charge in [-0.05, 0) is 44.1 Å². The summed E-state index contributed by atoms with van der Waals surface area (Å²) in [6.45, 7) is 5.26. The zero-order chi connectivity index (χ0) is 14.5. The number of thiophene rings is 1. The van der Waals surface area contributed by atoms with Crippen molar-refractivity contribution in [2.45, 2.75) is 19.4 Å². The molecule has 1 aliphatic heterocycles. The smallest absolute Gasteiger partial charge is 0.225 e. The number of hydrogen-bond acceptors (Lipinski definition) is 5. The zero-order valence-electron chi connectivity index (χ0n) is 11.9. The topological polar surface area (TPSA) is 32.3 Å². The molecule has 21 heavy (non-hydrogen) atoms. The lowest BCUT2D eigenvalue weighted by Gasteiger charge is -2.24. The summed E-state index contributed by atoms with van der Waals surface area (Å²) < 4.78 is 0.832. The van der Waals surface area contributed by atoms with Crippen LogP contribution in [0.5, 0.6) is 0 Å². The lowest BCUT2D eigenvalue weighted by molar-refractivity contribution is 0.343. The molecule has 0 unspecified atom stereocenters. The Kier molecular flexibility index (Phi) is 5.06. The molecule has 6 heteroatoms. The van der Waals surface area contributed by atoms with Crippen molar-refractivity contribution in [3.05, 3.63) is 39.8 Å². The van der Waals surface area contributed by atoms with Crippen LogP contribution in [0.2, 0.25) is 4.34 Å². The van der Waals surface area contributed by atoms with Crippen LogP contribution < -0.4 is 4.90 Å². The second kappa shape index (κ2) is 7.20. The summed E-state index contributed by atoms with van der Waals surface area (Å²) in [5.41, 5.74) is 0. The van der Waals surface area contributed by atoms with Gasteiger partial charge in [-0.25, -0.2) is 9.97 Å². The molecule has 2 aromatic rings. The monoisotopic (exact) mass is 322 g/mol. The highest BCUT2D eigenvalue weighted by Crippen LogP contribution is 2.23. The third-order valence-electron chi connectivity index (χ3n) is 3.70. The van der Waals surface area contributed by atoms with Gasteiger partial charge in [0.15, 0.2) is 0 Å². The molecule has 3 heterocycles. The Morgan fingerprint density at radius 1 is 1.19 bits per heavy atom. The highest BCUT2D eigenvalue weighted by molar-refractivity contribution is 7.16. The van der Waals surface area contributed by atoms with Crippen LogP contribution in [0.25, 0.3) is 0 Å². The highest BCUT2D eigenvalue weighted by Gasteiger charge is 2.15. The summed E-state index contributed by atoms with van der Waals surface area (Å²) in [5, 5.41) is 0. The van der Waals surface area contributed by atoms with Gasteiger partial charge in [-0.1, -0.05) is 11.6 Å². The van der Waals surface area contributed by atoms with Gasteiger partial charge in [0, 0.05) is 30.4 Å². The standard InChI is InChI=1S/C15H19ClN4S/c16-14-5-4-13(21-14)12-20(15-17-6-3-7-18-15)11-10-19-8-1-2-9-19/h3-7H,1-2,8-12H2. The molecule has 0 bridgehead atoms. The highest BCUT2D eigenvalue weighted by atomic mass is 35.5. The van der Waals surface area contributed by atoms with E-state index in [1.807, 2.05) is 12.1 Å². The second-order valence-corrected chi connectivity index (χ2v) is 7.02. The van der Waals surface area contributed by atoms with Crippen molar-refractivity contribution < 1.29 is 0 Å². The van der Waals surface area contributed by atoms with E-state index in [1.54, 1.807) is 23.7 Å². The number of aromatic nitrogens is 2. The summed E-state index contributed by atoms with van der Waals surface area (Å²) in [4.78, 5) is 14.8. The molecule has 0 radical (unpaired) electrons. The van der Waals surface area contributed by atoms with Crippen molar-refractivity contribution in [3.63, 3.8) is 0 Å². The van der Waals surface area contributed by atoms with E-state index in [-0.39, 0.29) is 0 Å². The maximum absolute atomic E-state index is 6.03. The van der Waals surface area contributed by atoms with Gasteiger partial charge in [-0.3, -0.25) is 0 Å². The molecule has 1 saturated heterocycles. The van der Waals surface area contributed by atoms with Gasteiger partial charge in [0.1, 0.15) is 0 Å². The first-order valence-electron chi connectivity index (χ1n) is 7.30. The molecule has 0 aliphatic carbocycles. The van der Waals surface area contributed by atoms with Gasteiger partial charge >= 0.3 is 0 Å². The van der Waals surface area contributed by atoms with Crippen molar-refractivity contribution in [2.75, 3.05) is 31.1 Å². The third kappa shape index (κ3) is 4.15. The van der Waals surface area contributed by atoms with Crippen LogP contribution in [-0.2, 0) is 6.54 Å². The predicted molar refractivity (Wildman–Crippen MR) is 88.1 cm³/mol. The first kappa shape index (κ1) is 14.8. The number of nitrogens with zero attached hydrogens (tertiary/aromatic N) is 4. The molecule has 4 nitrogen and oxygen atoms in total. The van der Waals surface area contributed by atoms with E-state index in [2.05, 4.69) is 25.8 Å². The molecule has 0 atom stereocenters. The van der Waals surface area contributed by atoms with Crippen LogP contribution in [0.15, 0.2) is 30.6 Å². The number of hydrogen-bond donors (Lipinski definition) is 0. The molecule has 1 aliphatic rings. The minimum atomic E-state index is 0.793. The van der Waals surface area contributed by atoms with Gasteiger partial charge in [0.25, 0.3) is 0 Å². The maximum atomic E-state index is 6.03. The van der Waals surface area contributed by atoms with E-state index in [9.17, 15) is 0 Å². The van der Waals surface area contributed by atoms with Crippen LogP contribution in [0.4, 0.5) is 5.95 Å². The normalized spacial score (nSPS) is 15.5. The quantitative estimate of drug-likeness (QED) is 0.817. The lowest BCUT2D eigenvalue weighted by Crippen LogP contribution is -2.34. The van der Waals surface area contributed by atoms with Crippen LogP contribution in [0.1, 0.15) is 17.7 Å². The Morgan fingerprint density at radius 3 is 2.62 bits per heavy atom. The van der Waals surface area contributed by atoms with Crippen LogP contribution >= 0.6 is 22.9 Å². The summed E-state index contributed by atoms with van der Waals surface area (Å²) >= 11 is 7.65. The van der Waals surface area contributed by atoms with Crippen LogP contribution in [0, 0.1) is 0 Å². The molecule has 112 valence electrons. The van der Waals surface area contributed by atoms with Crippen molar-refractivity contribution in [2.24, 2.45) is 0 Å². The minimum Gasteiger partial charge on any atom is -0.334 e. The van der Waals surface area contributed by atoms with Crippen molar-refractivity contribution in [1.82, 2.24) is 14.9 Å². The second-order valence-electron chi connectivity index (χ2n) is 5.22. The summed E-state index contributed by atoms with van der Waals surface area (Å²) in [5.74, 6) is 0.793. The van der Waals surface area contributed by atoms with Gasteiger partial charge in [0.05, 0.1) is 10.9 Å². The van der Waals surface area contributed by atoms with Crippen LogP contribution in [-0.4, -0.2) is 41.0 Å². The van der Waals surface area contributed by atoms with E-state index >= 15 is 0 Å².